The molecule has 0 amide bonds. The summed E-state index contributed by atoms with van der Waals surface area (Å²) in [6.45, 7) is 5.81. The molecule has 1 aromatic carbocycles. The van der Waals surface area contributed by atoms with Gasteiger partial charge in [-0.3, -0.25) is 0 Å². The van der Waals surface area contributed by atoms with Crippen molar-refractivity contribution in [2.45, 2.75) is 26.8 Å². The molecular formula is C20H24FN5. The number of hydrogen-bond donors (Lipinski definition) is 2. The molecular weight excluding hydrogens is 329 g/mol. The number of aliphatic imine (C=N–C) groups is 1. The zero-order valence-electron chi connectivity index (χ0n) is 15.2. The van der Waals surface area contributed by atoms with Gasteiger partial charge in [-0.25, -0.2) is 14.4 Å². The molecule has 0 spiro atoms. The molecule has 6 heteroatoms. The molecule has 0 saturated heterocycles. The summed E-state index contributed by atoms with van der Waals surface area (Å²) in [4.78, 5) is 9.13. The number of benzene rings is 1. The lowest BCUT2D eigenvalue weighted by atomic mass is 10.2. The average molecular weight is 353 g/mol. The quantitative estimate of drug-likeness (QED) is 0.529. The molecule has 136 valence electrons. The Bertz CT molecular complexity index is 900. The number of halogens is 1. The summed E-state index contributed by atoms with van der Waals surface area (Å²) in [6.07, 6.45) is 4.84. The van der Waals surface area contributed by atoms with E-state index in [-0.39, 0.29) is 5.82 Å². The molecule has 2 aromatic heterocycles. The van der Waals surface area contributed by atoms with Gasteiger partial charge in [0.1, 0.15) is 11.5 Å². The van der Waals surface area contributed by atoms with Crippen LogP contribution < -0.4 is 10.6 Å². The third kappa shape index (κ3) is 4.39. The predicted octanol–water partition coefficient (Wildman–Crippen LogP) is 3.08. The van der Waals surface area contributed by atoms with E-state index in [2.05, 4.69) is 33.6 Å². The first-order valence-corrected chi connectivity index (χ1v) is 8.86. The number of guanidine groups is 1. The number of rotatable bonds is 6. The highest BCUT2D eigenvalue weighted by Gasteiger charge is 2.05. The summed E-state index contributed by atoms with van der Waals surface area (Å²) in [7, 11) is 0. The van der Waals surface area contributed by atoms with Crippen molar-refractivity contribution in [3.05, 3.63) is 71.4 Å². The average Bonchev–Trinajstić information content (AvgIpc) is 3.05. The lowest BCUT2D eigenvalue weighted by molar-refractivity contribution is 0.610. The second kappa shape index (κ2) is 8.47. The number of nitrogens with one attached hydrogen (secondary N) is 2. The zero-order valence-corrected chi connectivity index (χ0v) is 15.2. The van der Waals surface area contributed by atoms with Gasteiger partial charge in [0.25, 0.3) is 0 Å². The molecule has 3 aromatic rings. The van der Waals surface area contributed by atoms with Crippen molar-refractivity contribution in [2.75, 3.05) is 13.1 Å². The standard InChI is InChI=1S/C20H24FN5/c1-3-22-20(24-13-16-8-4-5-9-18(16)21)23-11-10-17-14-26-12-6-7-15(2)19(26)25-17/h4-9,12,14H,3,10-11,13H2,1-2H3,(H2,22,23,24). The Morgan fingerprint density at radius 2 is 2.04 bits per heavy atom. The first kappa shape index (κ1) is 17.9. The van der Waals surface area contributed by atoms with Gasteiger partial charge >= 0.3 is 0 Å². The van der Waals surface area contributed by atoms with E-state index < -0.39 is 0 Å². The Labute approximate surface area is 153 Å². The van der Waals surface area contributed by atoms with Gasteiger partial charge in [-0.2, -0.15) is 0 Å². The Hall–Kier alpha value is -2.89. The van der Waals surface area contributed by atoms with Crippen LogP contribution in [0.1, 0.15) is 23.7 Å². The molecule has 0 atom stereocenters. The van der Waals surface area contributed by atoms with Crippen LogP contribution in [0.4, 0.5) is 4.39 Å². The van der Waals surface area contributed by atoms with E-state index in [1.54, 1.807) is 12.1 Å². The smallest absolute Gasteiger partial charge is 0.191 e. The summed E-state index contributed by atoms with van der Waals surface area (Å²) in [5, 5.41) is 6.47. The van der Waals surface area contributed by atoms with Crippen molar-refractivity contribution >= 4 is 11.6 Å². The van der Waals surface area contributed by atoms with Crippen molar-refractivity contribution in [3.8, 4) is 0 Å². The molecule has 0 aliphatic carbocycles. The first-order chi connectivity index (χ1) is 12.7. The summed E-state index contributed by atoms with van der Waals surface area (Å²) >= 11 is 0. The highest BCUT2D eigenvalue weighted by atomic mass is 19.1. The summed E-state index contributed by atoms with van der Waals surface area (Å²) in [5.41, 5.74) is 3.76. The van der Waals surface area contributed by atoms with Gasteiger partial charge in [0.2, 0.25) is 0 Å². The van der Waals surface area contributed by atoms with Crippen LogP contribution in [0.5, 0.6) is 0 Å². The maximum absolute atomic E-state index is 13.7. The SMILES string of the molecule is CCNC(=NCc1ccccc1F)NCCc1cn2cccc(C)c2n1. The van der Waals surface area contributed by atoms with Crippen LogP contribution in [0.25, 0.3) is 5.65 Å². The fourth-order valence-electron chi connectivity index (χ4n) is 2.77. The van der Waals surface area contributed by atoms with Gasteiger partial charge in [-0.15, -0.1) is 0 Å². The highest BCUT2D eigenvalue weighted by Crippen LogP contribution is 2.10. The number of pyridine rings is 1. The van der Waals surface area contributed by atoms with Gasteiger partial charge in [0, 0.05) is 37.5 Å². The third-order valence-corrected chi connectivity index (χ3v) is 4.11. The minimum absolute atomic E-state index is 0.229. The molecule has 0 bridgehead atoms. The Balaban J connectivity index is 1.60. The normalized spacial score (nSPS) is 11.7. The number of nitrogens with zero attached hydrogens (tertiary/aromatic N) is 3. The van der Waals surface area contributed by atoms with Crippen molar-refractivity contribution in [2.24, 2.45) is 4.99 Å². The van der Waals surface area contributed by atoms with E-state index >= 15 is 0 Å². The van der Waals surface area contributed by atoms with Gasteiger partial charge in [-0.05, 0) is 31.5 Å². The Morgan fingerprint density at radius 1 is 1.19 bits per heavy atom. The fraction of sp³-hybridized carbons (Fsp3) is 0.300. The van der Waals surface area contributed by atoms with Crippen LogP contribution in [0.3, 0.4) is 0 Å². The van der Waals surface area contributed by atoms with Gasteiger partial charge in [-0.1, -0.05) is 24.3 Å². The van der Waals surface area contributed by atoms with Crippen LogP contribution in [-0.4, -0.2) is 28.4 Å². The molecule has 5 nitrogen and oxygen atoms in total. The number of fused-ring (bicyclic) bond motifs is 1. The number of imidazole rings is 1. The van der Waals surface area contributed by atoms with Gasteiger partial charge < -0.3 is 15.0 Å². The summed E-state index contributed by atoms with van der Waals surface area (Å²) < 4.78 is 15.8. The molecule has 0 unspecified atom stereocenters. The highest BCUT2D eigenvalue weighted by molar-refractivity contribution is 5.79. The zero-order chi connectivity index (χ0) is 18.4. The monoisotopic (exact) mass is 353 g/mol. The maximum atomic E-state index is 13.7. The largest absolute Gasteiger partial charge is 0.357 e. The van der Waals surface area contributed by atoms with Crippen LogP contribution in [0.15, 0.2) is 53.8 Å². The van der Waals surface area contributed by atoms with E-state index in [1.807, 2.05) is 35.9 Å². The van der Waals surface area contributed by atoms with E-state index in [1.165, 1.54) is 6.07 Å². The molecule has 0 fully saturated rings. The number of hydrogen-bond acceptors (Lipinski definition) is 2. The molecule has 0 aliphatic heterocycles. The molecule has 2 heterocycles. The third-order valence-electron chi connectivity index (χ3n) is 4.11. The lowest BCUT2D eigenvalue weighted by Gasteiger charge is -2.10. The number of aryl methyl sites for hydroxylation is 1. The molecule has 0 saturated carbocycles. The van der Waals surface area contributed by atoms with Crippen molar-refractivity contribution in [3.63, 3.8) is 0 Å². The summed E-state index contributed by atoms with van der Waals surface area (Å²) in [5.74, 6) is 0.447. The van der Waals surface area contributed by atoms with Crippen LogP contribution in [0.2, 0.25) is 0 Å². The van der Waals surface area contributed by atoms with Gasteiger partial charge in [0.05, 0.1) is 12.2 Å². The maximum Gasteiger partial charge on any atom is 0.191 e. The second-order valence-corrected chi connectivity index (χ2v) is 6.12. The minimum Gasteiger partial charge on any atom is -0.357 e. The van der Waals surface area contributed by atoms with Crippen LogP contribution >= 0.6 is 0 Å². The predicted molar refractivity (Wildman–Crippen MR) is 103 cm³/mol. The minimum atomic E-state index is -0.229. The van der Waals surface area contributed by atoms with Crippen LogP contribution in [-0.2, 0) is 13.0 Å². The van der Waals surface area contributed by atoms with Crippen LogP contribution in [0, 0.1) is 12.7 Å². The lowest BCUT2D eigenvalue weighted by Crippen LogP contribution is -2.38. The molecule has 2 N–H and O–H groups in total. The van der Waals surface area contributed by atoms with Crippen molar-refractivity contribution < 1.29 is 4.39 Å². The Morgan fingerprint density at radius 3 is 2.81 bits per heavy atom. The fourth-order valence-corrected chi connectivity index (χ4v) is 2.77. The van der Waals surface area contributed by atoms with E-state index in [0.29, 0.717) is 24.6 Å². The first-order valence-electron chi connectivity index (χ1n) is 8.86. The van der Waals surface area contributed by atoms with E-state index in [9.17, 15) is 4.39 Å². The second-order valence-electron chi connectivity index (χ2n) is 6.12. The van der Waals surface area contributed by atoms with E-state index in [4.69, 9.17) is 0 Å². The molecule has 26 heavy (non-hydrogen) atoms. The van der Waals surface area contributed by atoms with E-state index in [0.717, 1.165) is 29.9 Å². The number of aromatic nitrogens is 2. The summed E-state index contributed by atoms with van der Waals surface area (Å²) in [6, 6.07) is 10.8. The molecule has 0 radical (unpaired) electrons. The molecule has 3 rings (SSSR count). The van der Waals surface area contributed by atoms with Crippen molar-refractivity contribution in [1.82, 2.24) is 20.0 Å². The van der Waals surface area contributed by atoms with Crippen molar-refractivity contribution in [1.29, 1.82) is 0 Å². The topological polar surface area (TPSA) is 53.7 Å². The van der Waals surface area contributed by atoms with Gasteiger partial charge in [0.15, 0.2) is 5.96 Å². The molecule has 0 aliphatic rings. The Kier molecular flexibility index (Phi) is 5.84.